The van der Waals surface area contributed by atoms with Gasteiger partial charge < -0.3 is 0 Å². The number of carbonyl (C=O) groups excluding carboxylic acids is 1. The lowest BCUT2D eigenvalue weighted by atomic mass is 11.2. The number of rotatable bonds is 2. The van der Waals surface area contributed by atoms with E-state index in [1.54, 1.807) is 0 Å². The van der Waals surface area contributed by atoms with E-state index in [2.05, 4.69) is 0 Å². The average molecular weight is 195 g/mol. The van der Waals surface area contributed by atoms with Crippen molar-refractivity contribution in [2.75, 3.05) is 7.05 Å². The number of alkyl halides is 2. The fraction of sp³-hybridized carbons (Fsp3) is 0.667. The Balaban J connectivity index is 4.00. The first kappa shape index (κ1) is 10.1. The van der Waals surface area contributed by atoms with Crippen molar-refractivity contribution in [3.63, 3.8) is 0 Å². The topological polar surface area (TPSA) is 17.1 Å². The summed E-state index contributed by atoms with van der Waals surface area (Å²) in [7, 11) is 0.820. The summed E-state index contributed by atoms with van der Waals surface area (Å²) >= 11 is 4.67. The number of hydrogen-bond acceptors (Lipinski definition) is 2. The second-order valence-corrected chi connectivity index (χ2v) is 3.61. The van der Waals surface area contributed by atoms with Crippen molar-refractivity contribution in [1.82, 2.24) is 0 Å². The maximum atomic E-state index is 11.7. The molecule has 0 fully saturated rings. The Bertz CT molecular complexity index is 142. The average Bonchev–Trinajstić information content (AvgIpc) is 1.60. The van der Waals surface area contributed by atoms with Gasteiger partial charge in [0.2, 0.25) is 0 Å². The molecule has 0 radical (unpaired) electrons. The van der Waals surface area contributed by atoms with Gasteiger partial charge in [-0.2, -0.15) is 13.6 Å². The number of carbonyl (C=O) groups is 1. The van der Waals surface area contributed by atoms with Crippen molar-refractivity contribution >= 4 is 29.9 Å². The lowest BCUT2D eigenvalue weighted by Crippen LogP contribution is -2.29. The normalized spacial score (nSPS) is 17.0. The molecule has 1 atom stereocenters. The standard InChI is InChI=1S/C3H4ClF3NOS/c1-8(4,3(7)9)10-2(5)6/h2H,1H3/q+1. The Morgan fingerprint density at radius 3 is 2.20 bits per heavy atom. The zero-order chi connectivity index (χ0) is 8.36. The van der Waals surface area contributed by atoms with E-state index in [9.17, 15) is 18.0 Å². The Hall–Kier alpha value is 0.0600. The van der Waals surface area contributed by atoms with Crippen LogP contribution in [0.15, 0.2) is 0 Å². The molecule has 1 amide bonds. The summed E-state index contributed by atoms with van der Waals surface area (Å²) in [6.45, 7) is 0. The van der Waals surface area contributed by atoms with E-state index in [0.29, 0.717) is 0 Å². The van der Waals surface area contributed by atoms with Crippen LogP contribution < -0.4 is 0 Å². The largest absolute Gasteiger partial charge is 0.535 e. The zero-order valence-electron chi connectivity index (χ0n) is 4.85. The van der Waals surface area contributed by atoms with Crippen LogP contribution in [0.1, 0.15) is 0 Å². The van der Waals surface area contributed by atoms with E-state index >= 15 is 0 Å². The Morgan fingerprint density at radius 2 is 2.10 bits per heavy atom. The Labute approximate surface area is 64.8 Å². The maximum absolute atomic E-state index is 11.7. The van der Waals surface area contributed by atoms with E-state index in [1.165, 1.54) is 0 Å². The number of nitrogens with zero attached hydrogens (tertiary/aromatic N) is 1. The first-order valence-corrected chi connectivity index (χ1v) is 3.26. The molecule has 1 unspecified atom stereocenters. The van der Waals surface area contributed by atoms with Crippen molar-refractivity contribution in [1.29, 1.82) is 0 Å². The molecule has 0 heterocycles. The molecule has 7 heteroatoms. The van der Waals surface area contributed by atoms with Gasteiger partial charge in [0.1, 0.15) is 7.05 Å². The highest BCUT2D eigenvalue weighted by Gasteiger charge is 2.37. The third-order valence-corrected chi connectivity index (χ3v) is 1.66. The monoisotopic (exact) mass is 194 g/mol. The summed E-state index contributed by atoms with van der Waals surface area (Å²) in [6.07, 6.45) is -2.02. The minimum Gasteiger partial charge on any atom is -0.192 e. The van der Waals surface area contributed by atoms with Crippen LogP contribution in [0.5, 0.6) is 0 Å². The number of quaternary nitrogens is 1. The van der Waals surface area contributed by atoms with Crippen LogP contribution in [0.4, 0.5) is 18.0 Å². The smallest absolute Gasteiger partial charge is 0.192 e. The van der Waals surface area contributed by atoms with Crippen LogP contribution in [0, 0.1) is 0 Å². The van der Waals surface area contributed by atoms with Crippen molar-refractivity contribution < 1.29 is 21.4 Å². The molecule has 0 aliphatic rings. The molecule has 0 aromatic heterocycles. The summed E-state index contributed by atoms with van der Waals surface area (Å²) in [5.74, 6) is -2.87. The molecule has 0 rings (SSSR count). The van der Waals surface area contributed by atoms with E-state index in [4.69, 9.17) is 11.8 Å². The van der Waals surface area contributed by atoms with Gasteiger partial charge in [0, 0.05) is 0 Å². The molecule has 10 heavy (non-hydrogen) atoms. The zero-order valence-corrected chi connectivity index (χ0v) is 6.43. The third-order valence-electron chi connectivity index (χ3n) is 0.592. The molecule has 0 spiro atoms. The van der Waals surface area contributed by atoms with Gasteiger partial charge in [-0.1, -0.05) is 3.41 Å². The number of halogens is 4. The number of hydrogen-bond donors (Lipinski definition) is 0. The van der Waals surface area contributed by atoms with E-state index in [1.807, 2.05) is 0 Å². The molecule has 0 aliphatic heterocycles. The fourth-order valence-electron chi connectivity index (χ4n) is 0.191. The van der Waals surface area contributed by atoms with Crippen LogP contribution in [0.2, 0.25) is 0 Å². The SMILES string of the molecule is C[N+](Cl)(SC(F)F)C(=O)F. The van der Waals surface area contributed by atoms with Crippen LogP contribution in [0.3, 0.4) is 0 Å². The van der Waals surface area contributed by atoms with Crippen molar-refractivity contribution in [2.45, 2.75) is 5.76 Å². The van der Waals surface area contributed by atoms with Crippen LogP contribution in [0.25, 0.3) is 0 Å². The fourth-order valence-corrected chi connectivity index (χ4v) is 0.754. The highest BCUT2D eigenvalue weighted by molar-refractivity contribution is 7.95. The molecule has 0 aromatic rings. The molecule has 2 nitrogen and oxygen atoms in total. The minimum atomic E-state index is -2.87. The molecular weight excluding hydrogens is 191 g/mol. The van der Waals surface area contributed by atoms with Gasteiger partial charge in [-0.3, -0.25) is 0 Å². The third kappa shape index (κ3) is 3.28. The van der Waals surface area contributed by atoms with Crippen molar-refractivity contribution in [3.05, 3.63) is 0 Å². The summed E-state index contributed by atoms with van der Waals surface area (Å²) in [4.78, 5) is 9.82. The van der Waals surface area contributed by atoms with Gasteiger partial charge in [-0.25, -0.2) is 0 Å². The van der Waals surface area contributed by atoms with Gasteiger partial charge >= 0.3 is 11.9 Å². The molecule has 0 saturated heterocycles. The summed E-state index contributed by atoms with van der Waals surface area (Å²) < 4.78 is 33.0. The van der Waals surface area contributed by atoms with Gasteiger partial charge in [-0.05, 0) is 0 Å². The van der Waals surface area contributed by atoms with Gasteiger partial charge in [-0.15, -0.1) is 4.39 Å². The quantitative estimate of drug-likeness (QED) is 0.291. The second kappa shape index (κ2) is 3.45. The van der Waals surface area contributed by atoms with E-state index < -0.39 is 15.3 Å². The number of amides is 1. The molecule has 0 N–H and O–H groups in total. The predicted molar refractivity (Wildman–Crippen MR) is 32.1 cm³/mol. The summed E-state index contributed by atoms with van der Waals surface area (Å²) in [5.41, 5.74) is 0. The first-order chi connectivity index (χ1) is 4.36. The predicted octanol–water partition coefficient (Wildman–Crippen LogP) is 2.55. The summed E-state index contributed by atoms with van der Waals surface area (Å²) in [6, 6.07) is 0. The molecular formula is C3H4ClF3NOS+. The molecule has 0 saturated carbocycles. The van der Waals surface area contributed by atoms with Gasteiger partial charge in [0.15, 0.2) is 23.7 Å². The van der Waals surface area contributed by atoms with Gasteiger partial charge in [0.25, 0.3) is 0 Å². The minimum absolute atomic E-state index is 0.290. The molecule has 0 aromatic carbocycles. The Kier molecular flexibility index (Phi) is 3.47. The van der Waals surface area contributed by atoms with Crippen LogP contribution in [-0.4, -0.2) is 22.4 Å². The molecule has 60 valence electrons. The van der Waals surface area contributed by atoms with E-state index in [0.717, 1.165) is 7.05 Å². The van der Waals surface area contributed by atoms with Crippen molar-refractivity contribution in [2.24, 2.45) is 0 Å². The second-order valence-electron chi connectivity index (χ2n) is 1.44. The molecule has 0 bridgehead atoms. The first-order valence-electron chi connectivity index (χ1n) is 2.09. The van der Waals surface area contributed by atoms with Gasteiger partial charge in [0.05, 0.1) is 0 Å². The van der Waals surface area contributed by atoms with Crippen molar-refractivity contribution in [3.8, 4) is 0 Å². The highest BCUT2D eigenvalue weighted by Crippen LogP contribution is 2.30. The van der Waals surface area contributed by atoms with Crippen LogP contribution in [-0.2, 0) is 0 Å². The lowest BCUT2D eigenvalue weighted by Gasteiger charge is -2.11. The Morgan fingerprint density at radius 1 is 1.70 bits per heavy atom. The van der Waals surface area contributed by atoms with Crippen LogP contribution >= 0.6 is 23.7 Å². The maximum Gasteiger partial charge on any atom is 0.535 e. The highest BCUT2D eigenvalue weighted by atomic mass is 35.5. The molecule has 0 aliphatic carbocycles. The van der Waals surface area contributed by atoms with E-state index in [-0.39, 0.29) is 11.9 Å². The summed E-state index contributed by atoms with van der Waals surface area (Å²) in [5, 5.41) is 0. The lowest BCUT2D eigenvalue weighted by molar-refractivity contribution is -0.554.